The van der Waals surface area contributed by atoms with Crippen molar-refractivity contribution in [1.82, 2.24) is 10.2 Å². The summed E-state index contributed by atoms with van der Waals surface area (Å²) in [5.41, 5.74) is 0. The zero-order valence-electron chi connectivity index (χ0n) is 14.7. The minimum absolute atomic E-state index is 0.170. The Hall–Kier alpha value is -0.910. The summed E-state index contributed by atoms with van der Waals surface area (Å²) in [5, 5.41) is 5.39. The topological polar surface area (TPSA) is 41.6 Å². The Balaban J connectivity index is 1.54. The Morgan fingerprint density at radius 2 is 2.21 bits per heavy atom. The molecule has 0 spiro atoms. The molecule has 1 aliphatic heterocycles. The quantitative estimate of drug-likeness (QED) is 0.819. The van der Waals surface area contributed by atoms with E-state index in [0.717, 1.165) is 39.0 Å². The maximum absolute atomic E-state index is 12.6. The fraction of sp³-hybridized carbons (Fsp3) is 0.737. The minimum Gasteiger partial charge on any atom is -0.377 e. The maximum Gasteiger partial charge on any atom is 0.234 e. The number of carbonyl (C=O) groups excluding carboxylic acids is 1. The van der Waals surface area contributed by atoms with Gasteiger partial charge in [-0.05, 0) is 43.0 Å². The molecule has 0 bridgehead atoms. The second kappa shape index (κ2) is 8.97. The van der Waals surface area contributed by atoms with Crippen molar-refractivity contribution in [2.24, 2.45) is 5.92 Å². The van der Waals surface area contributed by atoms with Gasteiger partial charge in [0.25, 0.3) is 0 Å². The van der Waals surface area contributed by atoms with Gasteiger partial charge in [0, 0.05) is 30.6 Å². The van der Waals surface area contributed by atoms with E-state index in [-0.39, 0.29) is 12.0 Å². The molecule has 0 radical (unpaired) electrons. The van der Waals surface area contributed by atoms with Gasteiger partial charge in [-0.2, -0.15) is 0 Å². The van der Waals surface area contributed by atoms with Crippen molar-refractivity contribution < 1.29 is 9.53 Å². The molecule has 3 rings (SSSR count). The second-order valence-electron chi connectivity index (χ2n) is 7.32. The first-order valence-electron chi connectivity index (χ1n) is 9.36. The lowest BCUT2D eigenvalue weighted by molar-refractivity contribution is -0.124. The van der Waals surface area contributed by atoms with E-state index in [2.05, 4.69) is 34.7 Å². The number of hydrogen-bond donors (Lipinski definition) is 1. The highest BCUT2D eigenvalue weighted by atomic mass is 32.1. The summed E-state index contributed by atoms with van der Waals surface area (Å²) in [4.78, 5) is 16.1. The molecule has 2 fully saturated rings. The van der Waals surface area contributed by atoms with Crippen molar-refractivity contribution in [3.8, 4) is 0 Å². The highest BCUT2D eigenvalue weighted by Crippen LogP contribution is 2.24. The van der Waals surface area contributed by atoms with Crippen LogP contribution in [0.15, 0.2) is 17.5 Å². The number of carbonyl (C=O) groups is 1. The molecule has 0 aromatic carbocycles. The molecule has 3 atom stereocenters. The van der Waals surface area contributed by atoms with Gasteiger partial charge in [0.2, 0.25) is 5.91 Å². The Kier molecular flexibility index (Phi) is 6.69. The second-order valence-corrected chi connectivity index (χ2v) is 8.35. The molecule has 1 aromatic heterocycles. The van der Waals surface area contributed by atoms with Gasteiger partial charge in [-0.1, -0.05) is 25.8 Å². The van der Waals surface area contributed by atoms with Crippen LogP contribution in [0.25, 0.3) is 0 Å². The number of rotatable bonds is 7. The summed E-state index contributed by atoms with van der Waals surface area (Å²) in [6.45, 7) is 5.29. The van der Waals surface area contributed by atoms with Crippen LogP contribution in [0.1, 0.15) is 50.3 Å². The van der Waals surface area contributed by atoms with Crippen LogP contribution >= 0.6 is 11.3 Å². The Labute approximate surface area is 149 Å². The molecule has 1 aliphatic carbocycles. The van der Waals surface area contributed by atoms with Crippen LogP contribution in [0.2, 0.25) is 0 Å². The predicted molar refractivity (Wildman–Crippen MR) is 98.1 cm³/mol. The highest BCUT2D eigenvalue weighted by molar-refractivity contribution is 7.09. The molecular weight excluding hydrogens is 320 g/mol. The van der Waals surface area contributed by atoms with E-state index in [9.17, 15) is 4.79 Å². The van der Waals surface area contributed by atoms with E-state index in [1.807, 2.05) is 0 Å². The fourth-order valence-electron chi connectivity index (χ4n) is 3.87. The van der Waals surface area contributed by atoms with E-state index < -0.39 is 0 Å². The zero-order chi connectivity index (χ0) is 16.8. The number of amides is 1. The lowest BCUT2D eigenvalue weighted by Crippen LogP contribution is -2.46. The van der Waals surface area contributed by atoms with Gasteiger partial charge in [-0.15, -0.1) is 11.3 Å². The number of nitrogens with one attached hydrogen (secondary N) is 1. The molecule has 1 N–H and O–H groups in total. The maximum atomic E-state index is 12.6. The first-order valence-corrected chi connectivity index (χ1v) is 10.2. The molecular formula is C19H30N2O2S. The summed E-state index contributed by atoms with van der Waals surface area (Å²) < 4.78 is 5.78. The van der Waals surface area contributed by atoms with Crippen LogP contribution in [0, 0.1) is 5.92 Å². The Morgan fingerprint density at radius 1 is 1.33 bits per heavy atom. The van der Waals surface area contributed by atoms with Crippen LogP contribution < -0.4 is 5.32 Å². The molecule has 0 unspecified atom stereocenters. The van der Waals surface area contributed by atoms with Crippen molar-refractivity contribution in [1.29, 1.82) is 0 Å². The van der Waals surface area contributed by atoms with E-state index in [1.54, 1.807) is 11.3 Å². The van der Waals surface area contributed by atoms with E-state index in [4.69, 9.17) is 4.74 Å². The summed E-state index contributed by atoms with van der Waals surface area (Å²) in [6, 6.07) is 4.58. The van der Waals surface area contributed by atoms with Crippen LogP contribution in [0.3, 0.4) is 0 Å². The van der Waals surface area contributed by atoms with Crippen molar-refractivity contribution in [2.45, 2.75) is 64.1 Å². The average Bonchev–Trinajstić information content (AvgIpc) is 3.23. The van der Waals surface area contributed by atoms with Gasteiger partial charge < -0.3 is 10.1 Å². The average molecular weight is 351 g/mol. The van der Waals surface area contributed by atoms with Gasteiger partial charge >= 0.3 is 0 Å². The van der Waals surface area contributed by atoms with E-state index in [1.165, 1.54) is 24.1 Å². The molecule has 1 amide bonds. The number of thiophene rings is 1. The monoisotopic (exact) mass is 350 g/mol. The summed E-state index contributed by atoms with van der Waals surface area (Å²) in [7, 11) is 0. The largest absolute Gasteiger partial charge is 0.377 e. The van der Waals surface area contributed by atoms with Gasteiger partial charge in [0.05, 0.1) is 12.6 Å². The molecule has 134 valence electrons. The lowest BCUT2D eigenvalue weighted by Gasteiger charge is -2.31. The normalized spacial score (nSPS) is 27.5. The molecule has 4 nitrogen and oxygen atoms in total. The summed E-state index contributed by atoms with van der Waals surface area (Å²) in [6.07, 6.45) is 7.45. The van der Waals surface area contributed by atoms with Crippen LogP contribution in [-0.4, -0.2) is 42.6 Å². The van der Waals surface area contributed by atoms with E-state index in [0.29, 0.717) is 18.5 Å². The Morgan fingerprint density at radius 3 is 2.92 bits per heavy atom. The SMILES string of the molecule is C[C@@H]1CCCC[C@@H]1NC(=O)CN(Cc1cccs1)C[C@@H]1CCCO1. The Bertz CT molecular complexity index is 499. The minimum atomic E-state index is 0.170. The molecule has 1 aromatic rings. The third-order valence-corrected chi connectivity index (χ3v) is 6.13. The van der Waals surface area contributed by atoms with Crippen molar-refractivity contribution >= 4 is 17.2 Å². The number of nitrogens with zero attached hydrogens (tertiary/aromatic N) is 1. The van der Waals surface area contributed by atoms with Gasteiger partial charge in [0.15, 0.2) is 0 Å². The van der Waals surface area contributed by atoms with Crippen LogP contribution in [0.5, 0.6) is 0 Å². The third kappa shape index (κ3) is 5.30. The first-order chi connectivity index (χ1) is 11.7. The van der Waals surface area contributed by atoms with Crippen molar-refractivity contribution in [2.75, 3.05) is 19.7 Å². The smallest absolute Gasteiger partial charge is 0.234 e. The van der Waals surface area contributed by atoms with Crippen LogP contribution in [0.4, 0.5) is 0 Å². The third-order valence-electron chi connectivity index (χ3n) is 5.27. The molecule has 24 heavy (non-hydrogen) atoms. The predicted octanol–water partition coefficient (Wildman–Crippen LogP) is 3.42. The van der Waals surface area contributed by atoms with Crippen molar-refractivity contribution in [3.05, 3.63) is 22.4 Å². The highest BCUT2D eigenvalue weighted by Gasteiger charge is 2.25. The standard InChI is InChI=1S/C19H30N2O2S/c1-15-6-2-3-9-18(15)20-19(22)14-21(12-16-7-4-10-23-16)13-17-8-5-11-24-17/h5,8,11,15-16,18H,2-4,6-7,9-10,12-14H2,1H3,(H,20,22)/t15-,16+,18+/m1/s1. The summed E-state index contributed by atoms with van der Waals surface area (Å²) in [5.74, 6) is 0.773. The lowest BCUT2D eigenvalue weighted by atomic mass is 9.86. The molecule has 2 heterocycles. The number of hydrogen-bond acceptors (Lipinski definition) is 4. The van der Waals surface area contributed by atoms with Gasteiger partial charge in [-0.3, -0.25) is 9.69 Å². The molecule has 1 saturated heterocycles. The van der Waals surface area contributed by atoms with E-state index >= 15 is 0 Å². The van der Waals surface area contributed by atoms with Gasteiger partial charge in [0.1, 0.15) is 0 Å². The zero-order valence-corrected chi connectivity index (χ0v) is 15.5. The molecule has 2 aliphatic rings. The fourth-order valence-corrected chi connectivity index (χ4v) is 4.62. The molecule has 5 heteroatoms. The van der Waals surface area contributed by atoms with Gasteiger partial charge in [-0.25, -0.2) is 0 Å². The molecule has 1 saturated carbocycles. The van der Waals surface area contributed by atoms with Crippen molar-refractivity contribution in [3.63, 3.8) is 0 Å². The first kappa shape index (κ1) is 17.9. The number of ether oxygens (including phenoxy) is 1. The summed E-state index contributed by atoms with van der Waals surface area (Å²) >= 11 is 1.76. The van der Waals surface area contributed by atoms with Crippen LogP contribution in [-0.2, 0) is 16.1 Å².